The number of fused-ring (bicyclic) bond motifs is 1. The van der Waals surface area contributed by atoms with Gasteiger partial charge in [0.2, 0.25) is 6.79 Å². The van der Waals surface area contributed by atoms with Crippen molar-refractivity contribution in [2.45, 2.75) is 19.0 Å². The molecule has 2 aromatic rings. The highest BCUT2D eigenvalue weighted by molar-refractivity contribution is 5.95. The lowest BCUT2D eigenvalue weighted by atomic mass is 10.2. The predicted octanol–water partition coefficient (Wildman–Crippen LogP) is 1.13. The van der Waals surface area contributed by atoms with Gasteiger partial charge < -0.3 is 20.1 Å². The minimum Gasteiger partial charge on any atom is -0.454 e. The van der Waals surface area contributed by atoms with Crippen LogP contribution in [0.25, 0.3) is 0 Å². The number of amides is 1. The first-order valence-corrected chi connectivity index (χ1v) is 8.57. The lowest BCUT2D eigenvalue weighted by Crippen LogP contribution is -2.36. The molecule has 0 radical (unpaired) electrons. The van der Waals surface area contributed by atoms with Gasteiger partial charge in [0.25, 0.3) is 5.91 Å². The van der Waals surface area contributed by atoms with E-state index in [9.17, 15) is 4.79 Å². The Morgan fingerprint density at radius 1 is 1.35 bits per heavy atom. The van der Waals surface area contributed by atoms with Gasteiger partial charge in [0.05, 0.1) is 6.54 Å². The number of carbonyl (C=O) groups is 1. The molecule has 1 aromatic heterocycles. The topological polar surface area (TPSA) is 93.8 Å². The molecule has 1 aromatic carbocycles. The Labute approximate surface area is 151 Å². The summed E-state index contributed by atoms with van der Waals surface area (Å²) in [6, 6.07) is 7.26. The van der Waals surface area contributed by atoms with Crippen LogP contribution in [0, 0.1) is 0 Å². The molecule has 136 valence electrons. The molecular weight excluding hydrogens is 334 g/mol. The summed E-state index contributed by atoms with van der Waals surface area (Å²) < 4.78 is 10.7. The van der Waals surface area contributed by atoms with E-state index in [0.29, 0.717) is 41.8 Å². The van der Waals surface area contributed by atoms with Crippen LogP contribution in [0.1, 0.15) is 22.6 Å². The quantitative estimate of drug-likeness (QED) is 0.879. The molecule has 0 unspecified atom stereocenters. The van der Waals surface area contributed by atoms with E-state index in [1.807, 2.05) is 11.9 Å². The molecule has 1 atom stereocenters. The van der Waals surface area contributed by atoms with Crippen molar-refractivity contribution >= 4 is 11.7 Å². The molecule has 1 saturated heterocycles. The van der Waals surface area contributed by atoms with Gasteiger partial charge in [0, 0.05) is 30.9 Å². The maximum Gasteiger partial charge on any atom is 0.254 e. The minimum absolute atomic E-state index is 0.0133. The molecule has 2 aliphatic rings. The highest BCUT2D eigenvalue weighted by Crippen LogP contribution is 2.33. The zero-order chi connectivity index (χ0) is 18.1. The zero-order valence-electron chi connectivity index (χ0n) is 14.6. The van der Waals surface area contributed by atoms with Gasteiger partial charge in [-0.1, -0.05) is 0 Å². The van der Waals surface area contributed by atoms with Crippen LogP contribution in [-0.4, -0.2) is 58.6 Å². The van der Waals surface area contributed by atoms with Gasteiger partial charge in [-0.2, -0.15) is 0 Å². The van der Waals surface area contributed by atoms with Gasteiger partial charge in [-0.15, -0.1) is 0 Å². The average Bonchev–Trinajstić information content (AvgIpc) is 3.30. The molecule has 1 fully saturated rings. The maximum atomic E-state index is 12.8. The SMILES string of the molecule is CN(Cc1nccc(N)n1)[C@H]1CCN(C(=O)c2ccc3c(c2)OCO3)C1. The number of nitrogens with zero attached hydrogens (tertiary/aromatic N) is 4. The van der Waals surface area contributed by atoms with Crippen LogP contribution in [-0.2, 0) is 6.54 Å². The first-order valence-electron chi connectivity index (χ1n) is 8.57. The van der Waals surface area contributed by atoms with E-state index in [2.05, 4.69) is 14.9 Å². The molecule has 8 nitrogen and oxygen atoms in total. The van der Waals surface area contributed by atoms with E-state index in [-0.39, 0.29) is 18.7 Å². The smallest absolute Gasteiger partial charge is 0.254 e. The summed E-state index contributed by atoms with van der Waals surface area (Å²) in [6.45, 7) is 2.20. The Kier molecular flexibility index (Phi) is 4.34. The number of ether oxygens (including phenoxy) is 2. The van der Waals surface area contributed by atoms with E-state index in [1.54, 1.807) is 30.5 Å². The summed E-state index contributed by atoms with van der Waals surface area (Å²) in [5, 5.41) is 0. The number of likely N-dealkylation sites (tertiary alicyclic amines) is 1. The van der Waals surface area contributed by atoms with Crippen LogP contribution >= 0.6 is 0 Å². The number of nitrogens with two attached hydrogens (primary N) is 1. The lowest BCUT2D eigenvalue weighted by molar-refractivity contribution is 0.0779. The monoisotopic (exact) mass is 355 g/mol. The fraction of sp³-hybridized carbons (Fsp3) is 0.389. The summed E-state index contributed by atoms with van der Waals surface area (Å²) in [5.41, 5.74) is 6.33. The van der Waals surface area contributed by atoms with Crippen molar-refractivity contribution < 1.29 is 14.3 Å². The maximum absolute atomic E-state index is 12.8. The Morgan fingerprint density at radius 3 is 3.04 bits per heavy atom. The largest absolute Gasteiger partial charge is 0.454 e. The van der Waals surface area contributed by atoms with E-state index in [0.717, 1.165) is 13.0 Å². The molecule has 0 spiro atoms. The molecule has 0 bridgehead atoms. The highest BCUT2D eigenvalue weighted by Gasteiger charge is 2.30. The first kappa shape index (κ1) is 16.6. The average molecular weight is 355 g/mol. The number of hydrogen-bond donors (Lipinski definition) is 1. The van der Waals surface area contributed by atoms with Crippen LogP contribution in [0.3, 0.4) is 0 Å². The molecule has 0 aliphatic carbocycles. The second-order valence-corrected chi connectivity index (χ2v) is 6.57. The Bertz CT molecular complexity index is 828. The molecule has 26 heavy (non-hydrogen) atoms. The minimum atomic E-state index is 0.0133. The summed E-state index contributed by atoms with van der Waals surface area (Å²) in [6.07, 6.45) is 2.57. The number of carbonyl (C=O) groups excluding carboxylic acids is 1. The van der Waals surface area contributed by atoms with Crippen molar-refractivity contribution in [3.8, 4) is 11.5 Å². The molecule has 1 amide bonds. The number of anilines is 1. The van der Waals surface area contributed by atoms with Crippen LogP contribution in [0.4, 0.5) is 5.82 Å². The van der Waals surface area contributed by atoms with Crippen LogP contribution in [0.15, 0.2) is 30.5 Å². The normalized spacial score (nSPS) is 18.5. The molecule has 0 saturated carbocycles. The number of likely N-dealkylation sites (N-methyl/N-ethyl adjacent to an activating group) is 1. The van der Waals surface area contributed by atoms with Gasteiger partial charge in [0.15, 0.2) is 11.5 Å². The number of aromatic nitrogens is 2. The first-order chi connectivity index (χ1) is 12.6. The van der Waals surface area contributed by atoms with Crippen molar-refractivity contribution in [1.82, 2.24) is 19.8 Å². The van der Waals surface area contributed by atoms with Crippen molar-refractivity contribution in [1.29, 1.82) is 0 Å². The van der Waals surface area contributed by atoms with Gasteiger partial charge in [-0.25, -0.2) is 9.97 Å². The molecule has 3 heterocycles. The molecule has 4 rings (SSSR count). The second-order valence-electron chi connectivity index (χ2n) is 6.57. The van der Waals surface area contributed by atoms with Crippen LogP contribution in [0.5, 0.6) is 11.5 Å². The van der Waals surface area contributed by atoms with Gasteiger partial charge in [-0.05, 0) is 37.7 Å². The predicted molar refractivity (Wildman–Crippen MR) is 94.8 cm³/mol. The number of hydrogen-bond acceptors (Lipinski definition) is 7. The van der Waals surface area contributed by atoms with E-state index < -0.39 is 0 Å². The zero-order valence-corrected chi connectivity index (χ0v) is 14.6. The van der Waals surface area contributed by atoms with E-state index in [1.165, 1.54) is 0 Å². The molecule has 2 N–H and O–H groups in total. The molecule has 8 heteroatoms. The summed E-state index contributed by atoms with van der Waals surface area (Å²) in [5.74, 6) is 2.48. The summed E-state index contributed by atoms with van der Waals surface area (Å²) in [7, 11) is 2.02. The third kappa shape index (κ3) is 3.28. The Morgan fingerprint density at radius 2 is 2.19 bits per heavy atom. The highest BCUT2D eigenvalue weighted by atomic mass is 16.7. The molecular formula is C18H21N5O3. The van der Waals surface area contributed by atoms with Crippen molar-refractivity contribution in [2.75, 3.05) is 32.7 Å². The molecule has 2 aliphatic heterocycles. The lowest BCUT2D eigenvalue weighted by Gasteiger charge is -2.24. The van der Waals surface area contributed by atoms with E-state index in [4.69, 9.17) is 15.2 Å². The van der Waals surface area contributed by atoms with Crippen molar-refractivity contribution in [2.24, 2.45) is 0 Å². The number of nitrogen functional groups attached to an aromatic ring is 1. The third-order valence-corrected chi connectivity index (χ3v) is 4.81. The second kappa shape index (κ2) is 6.80. The van der Waals surface area contributed by atoms with E-state index >= 15 is 0 Å². The number of benzene rings is 1. The van der Waals surface area contributed by atoms with Crippen molar-refractivity contribution in [3.63, 3.8) is 0 Å². The summed E-state index contributed by atoms with van der Waals surface area (Å²) in [4.78, 5) is 25.3. The fourth-order valence-electron chi connectivity index (χ4n) is 3.34. The van der Waals surface area contributed by atoms with Crippen LogP contribution < -0.4 is 15.2 Å². The third-order valence-electron chi connectivity index (χ3n) is 4.81. The summed E-state index contributed by atoms with van der Waals surface area (Å²) >= 11 is 0. The van der Waals surface area contributed by atoms with Gasteiger partial charge in [0.1, 0.15) is 11.6 Å². The Balaban J connectivity index is 1.39. The van der Waals surface area contributed by atoms with Crippen LogP contribution in [0.2, 0.25) is 0 Å². The van der Waals surface area contributed by atoms with Crippen molar-refractivity contribution in [3.05, 3.63) is 41.9 Å². The standard InChI is InChI=1S/C18H21N5O3/c1-22(10-17-20-6-4-16(19)21-17)13-5-7-23(9-13)18(24)12-2-3-14-15(8-12)26-11-25-14/h2-4,6,8,13H,5,7,9-11H2,1H3,(H2,19,20,21)/t13-/m0/s1. The van der Waals surface area contributed by atoms with Gasteiger partial charge in [-0.3, -0.25) is 9.69 Å². The fourth-order valence-corrected chi connectivity index (χ4v) is 3.34. The van der Waals surface area contributed by atoms with Gasteiger partial charge >= 0.3 is 0 Å². The number of rotatable bonds is 4. The Hall–Kier alpha value is -2.87.